The van der Waals surface area contributed by atoms with Crippen LogP contribution in [0.3, 0.4) is 0 Å². The van der Waals surface area contributed by atoms with E-state index >= 15 is 0 Å². The first kappa shape index (κ1) is 10.1. The lowest BCUT2D eigenvalue weighted by atomic mass is 10.1. The maximum atomic E-state index is 13.1. The largest absolute Gasteiger partial charge is 0.478 e. The smallest absolute Gasteiger partial charge is 0.338 e. The quantitative estimate of drug-likeness (QED) is 0.581. The summed E-state index contributed by atoms with van der Waals surface area (Å²) in [6.45, 7) is 1.27. The predicted octanol–water partition coefficient (Wildman–Crippen LogP) is 1.74. The summed E-state index contributed by atoms with van der Waals surface area (Å²) in [5, 5.41) is 18.9. The van der Waals surface area contributed by atoms with Gasteiger partial charge in [-0.3, -0.25) is 10.1 Å². The maximum absolute atomic E-state index is 13.1. The molecule has 0 fully saturated rings. The number of nitro groups is 1. The summed E-state index contributed by atoms with van der Waals surface area (Å²) in [6, 6.07) is 1.69. The van der Waals surface area contributed by atoms with E-state index < -0.39 is 28.0 Å². The molecule has 6 heteroatoms. The molecular formula is C8H6FNO4. The molecule has 74 valence electrons. The molecule has 0 aliphatic heterocycles. The molecule has 5 nitrogen and oxygen atoms in total. The lowest BCUT2D eigenvalue weighted by Gasteiger charge is -2.00. The van der Waals surface area contributed by atoms with Gasteiger partial charge in [0.2, 0.25) is 0 Å². The molecule has 0 aliphatic rings. The van der Waals surface area contributed by atoms with Crippen molar-refractivity contribution >= 4 is 11.7 Å². The van der Waals surface area contributed by atoms with Gasteiger partial charge in [0.15, 0.2) is 0 Å². The lowest BCUT2D eigenvalue weighted by molar-refractivity contribution is -0.385. The van der Waals surface area contributed by atoms with E-state index in [4.69, 9.17) is 5.11 Å². The van der Waals surface area contributed by atoms with E-state index in [0.717, 1.165) is 6.07 Å². The van der Waals surface area contributed by atoms with Crippen molar-refractivity contribution in [3.05, 3.63) is 39.2 Å². The fourth-order valence-corrected chi connectivity index (χ4v) is 1.01. The molecule has 0 aromatic heterocycles. The molecular weight excluding hydrogens is 193 g/mol. The Labute approximate surface area is 77.9 Å². The fraction of sp³-hybridized carbons (Fsp3) is 0.125. The van der Waals surface area contributed by atoms with Crippen LogP contribution in [0.1, 0.15) is 15.9 Å². The Bertz CT molecular complexity index is 416. The minimum absolute atomic E-state index is 0.0587. The first-order chi connectivity index (χ1) is 6.43. The van der Waals surface area contributed by atoms with E-state index in [-0.39, 0.29) is 5.56 Å². The van der Waals surface area contributed by atoms with Gasteiger partial charge in [-0.2, -0.15) is 0 Å². The normalized spacial score (nSPS) is 9.86. The van der Waals surface area contributed by atoms with Crippen LogP contribution in [0.4, 0.5) is 10.1 Å². The number of carboxylic acid groups (broad SMARTS) is 1. The third-order valence-electron chi connectivity index (χ3n) is 1.68. The van der Waals surface area contributed by atoms with Gasteiger partial charge >= 0.3 is 5.97 Å². The van der Waals surface area contributed by atoms with E-state index in [9.17, 15) is 19.3 Å². The zero-order valence-corrected chi connectivity index (χ0v) is 7.15. The maximum Gasteiger partial charge on any atom is 0.338 e. The number of hydrogen-bond donors (Lipinski definition) is 1. The number of carboxylic acids is 1. The van der Waals surface area contributed by atoms with E-state index in [0.29, 0.717) is 6.07 Å². The van der Waals surface area contributed by atoms with E-state index in [1.165, 1.54) is 6.92 Å². The Morgan fingerprint density at radius 3 is 2.57 bits per heavy atom. The highest BCUT2D eigenvalue weighted by atomic mass is 19.1. The van der Waals surface area contributed by atoms with Gasteiger partial charge in [0.1, 0.15) is 11.4 Å². The molecule has 0 saturated carbocycles. The lowest BCUT2D eigenvalue weighted by Crippen LogP contribution is -2.03. The molecule has 0 unspecified atom stereocenters. The second-order valence-corrected chi connectivity index (χ2v) is 2.69. The topological polar surface area (TPSA) is 80.4 Å². The van der Waals surface area contributed by atoms with Crippen molar-refractivity contribution in [1.29, 1.82) is 0 Å². The Morgan fingerprint density at radius 1 is 1.57 bits per heavy atom. The Balaban J connectivity index is 3.43. The SMILES string of the molecule is Cc1cc([N+](=O)[O-])cc(C(=O)O)c1F. The number of hydrogen-bond acceptors (Lipinski definition) is 3. The predicted molar refractivity (Wildman–Crippen MR) is 44.8 cm³/mol. The molecule has 0 saturated heterocycles. The number of non-ortho nitro benzene ring substituents is 1. The molecule has 0 spiro atoms. The summed E-state index contributed by atoms with van der Waals surface area (Å²) in [6.07, 6.45) is 0. The van der Waals surface area contributed by atoms with Crippen molar-refractivity contribution < 1.29 is 19.2 Å². The van der Waals surface area contributed by atoms with Gasteiger partial charge < -0.3 is 5.11 Å². The highest BCUT2D eigenvalue weighted by Gasteiger charge is 2.18. The summed E-state index contributed by atoms with van der Waals surface area (Å²) >= 11 is 0. The van der Waals surface area contributed by atoms with Gasteiger partial charge in [0, 0.05) is 12.1 Å². The van der Waals surface area contributed by atoms with Crippen LogP contribution in [0.15, 0.2) is 12.1 Å². The summed E-state index contributed by atoms with van der Waals surface area (Å²) in [4.78, 5) is 20.1. The first-order valence-electron chi connectivity index (χ1n) is 3.61. The van der Waals surface area contributed by atoms with Gasteiger partial charge in [0.25, 0.3) is 5.69 Å². The summed E-state index contributed by atoms with van der Waals surface area (Å²) < 4.78 is 13.1. The second-order valence-electron chi connectivity index (χ2n) is 2.69. The van der Waals surface area contributed by atoms with Crippen LogP contribution < -0.4 is 0 Å². The number of aryl methyl sites for hydroxylation is 1. The summed E-state index contributed by atoms with van der Waals surface area (Å²) in [5.74, 6) is -2.46. The summed E-state index contributed by atoms with van der Waals surface area (Å²) in [5.41, 5.74) is -1.17. The minimum atomic E-state index is -1.52. The molecule has 0 bridgehead atoms. The molecule has 1 aromatic carbocycles. The summed E-state index contributed by atoms with van der Waals surface area (Å²) in [7, 11) is 0. The van der Waals surface area contributed by atoms with Crippen molar-refractivity contribution in [3.63, 3.8) is 0 Å². The van der Waals surface area contributed by atoms with Crippen molar-refractivity contribution in [2.45, 2.75) is 6.92 Å². The fourth-order valence-electron chi connectivity index (χ4n) is 1.01. The molecule has 0 radical (unpaired) electrons. The molecule has 1 rings (SSSR count). The number of carbonyl (C=O) groups is 1. The number of benzene rings is 1. The molecule has 0 aliphatic carbocycles. The van der Waals surface area contributed by atoms with Gasteiger partial charge in [-0.25, -0.2) is 9.18 Å². The zero-order valence-electron chi connectivity index (χ0n) is 7.15. The van der Waals surface area contributed by atoms with Crippen LogP contribution in [0.25, 0.3) is 0 Å². The molecule has 0 amide bonds. The van der Waals surface area contributed by atoms with Crippen LogP contribution >= 0.6 is 0 Å². The third kappa shape index (κ3) is 1.68. The average Bonchev–Trinajstić information content (AvgIpc) is 2.08. The minimum Gasteiger partial charge on any atom is -0.478 e. The van der Waals surface area contributed by atoms with Crippen LogP contribution in [-0.4, -0.2) is 16.0 Å². The van der Waals surface area contributed by atoms with Crippen LogP contribution in [0, 0.1) is 22.9 Å². The molecule has 1 aromatic rings. The number of halogens is 1. The number of nitrogens with zero attached hydrogens (tertiary/aromatic N) is 1. The average molecular weight is 199 g/mol. The van der Waals surface area contributed by atoms with Crippen LogP contribution in [0.2, 0.25) is 0 Å². The van der Waals surface area contributed by atoms with Crippen molar-refractivity contribution in [2.24, 2.45) is 0 Å². The van der Waals surface area contributed by atoms with Crippen molar-refractivity contribution in [1.82, 2.24) is 0 Å². The van der Waals surface area contributed by atoms with E-state index in [1.807, 2.05) is 0 Å². The highest BCUT2D eigenvalue weighted by molar-refractivity contribution is 5.89. The van der Waals surface area contributed by atoms with Crippen LogP contribution in [0.5, 0.6) is 0 Å². The van der Waals surface area contributed by atoms with Gasteiger partial charge in [-0.05, 0) is 12.5 Å². The standard InChI is InChI=1S/C8H6FNO4/c1-4-2-5(10(13)14)3-6(7(4)9)8(11)12/h2-3H,1H3,(H,11,12). The highest BCUT2D eigenvalue weighted by Crippen LogP contribution is 2.20. The number of aromatic carboxylic acids is 1. The molecule has 1 N–H and O–H groups in total. The number of rotatable bonds is 2. The third-order valence-corrected chi connectivity index (χ3v) is 1.68. The van der Waals surface area contributed by atoms with Gasteiger partial charge in [0.05, 0.1) is 4.92 Å². The Morgan fingerprint density at radius 2 is 2.14 bits per heavy atom. The van der Waals surface area contributed by atoms with Gasteiger partial charge in [-0.15, -0.1) is 0 Å². The zero-order chi connectivity index (χ0) is 10.9. The Hall–Kier alpha value is -1.98. The molecule has 0 atom stereocenters. The monoisotopic (exact) mass is 199 g/mol. The molecule has 0 heterocycles. The van der Waals surface area contributed by atoms with Crippen molar-refractivity contribution in [2.75, 3.05) is 0 Å². The van der Waals surface area contributed by atoms with E-state index in [2.05, 4.69) is 0 Å². The van der Waals surface area contributed by atoms with Crippen molar-refractivity contribution in [3.8, 4) is 0 Å². The van der Waals surface area contributed by atoms with Crippen LogP contribution in [-0.2, 0) is 0 Å². The Kier molecular flexibility index (Phi) is 2.46. The second kappa shape index (κ2) is 3.41. The number of nitro benzene ring substituents is 1. The van der Waals surface area contributed by atoms with Gasteiger partial charge in [-0.1, -0.05) is 0 Å². The van der Waals surface area contributed by atoms with E-state index in [1.54, 1.807) is 0 Å². The molecule has 14 heavy (non-hydrogen) atoms. The first-order valence-corrected chi connectivity index (χ1v) is 3.61.